The topological polar surface area (TPSA) is 83.9 Å². The van der Waals surface area contributed by atoms with E-state index in [2.05, 4.69) is 0 Å². The molecule has 0 bridgehead atoms. The van der Waals surface area contributed by atoms with Gasteiger partial charge in [0.15, 0.2) is 0 Å². The average molecular weight is 508 g/mol. The highest BCUT2D eigenvalue weighted by Gasteiger charge is 2.32. The Bertz CT molecular complexity index is 1310. The fourth-order valence-electron chi connectivity index (χ4n) is 3.42. The van der Waals surface area contributed by atoms with Gasteiger partial charge in [0.25, 0.3) is 0 Å². The first kappa shape index (κ1) is 26.2. The molecular weight excluding hydrogens is 483 g/mol. The highest BCUT2D eigenvalue weighted by molar-refractivity contribution is 7.89. The summed E-state index contributed by atoms with van der Waals surface area (Å²) >= 11 is 0. The summed E-state index contributed by atoms with van der Waals surface area (Å²) in [5.41, 5.74) is 0.385. The third-order valence-corrected chi connectivity index (χ3v) is 7.16. The Balaban J connectivity index is 2.00. The first-order chi connectivity index (χ1) is 16.4. The Hall–Kier alpha value is -3.37. The number of nitrogens with zero attached hydrogens (tertiary/aromatic N) is 1. The number of hydrogen-bond acceptors (Lipinski definition) is 4. The highest BCUT2D eigenvalue weighted by Crippen LogP contribution is 2.35. The van der Waals surface area contributed by atoms with E-state index in [1.807, 2.05) is 6.92 Å². The summed E-state index contributed by atoms with van der Waals surface area (Å²) < 4.78 is 73.5. The lowest BCUT2D eigenvalue weighted by molar-refractivity contribution is -0.138. The van der Waals surface area contributed by atoms with Crippen LogP contribution in [0.2, 0.25) is 0 Å². The zero-order valence-electron chi connectivity index (χ0n) is 19.0. The van der Waals surface area contributed by atoms with Crippen molar-refractivity contribution in [3.8, 4) is 11.5 Å². The van der Waals surface area contributed by atoms with E-state index in [-0.39, 0.29) is 41.5 Å². The van der Waals surface area contributed by atoms with Crippen LogP contribution in [0.1, 0.15) is 29.2 Å². The SMILES string of the molecule is CCN(Cc1cc(C(F)(F)F)ccc1Oc1cccc(CC(=O)O)c1)S(=O)(=O)c1ccc(C)cc1. The van der Waals surface area contributed by atoms with Crippen molar-refractivity contribution in [3.63, 3.8) is 0 Å². The summed E-state index contributed by atoms with van der Waals surface area (Å²) in [5.74, 6) is -0.797. The minimum Gasteiger partial charge on any atom is -0.481 e. The molecular formula is C25H24F3NO5S. The molecule has 0 aliphatic heterocycles. The van der Waals surface area contributed by atoms with Gasteiger partial charge in [0.2, 0.25) is 10.0 Å². The lowest BCUT2D eigenvalue weighted by Crippen LogP contribution is -2.30. The lowest BCUT2D eigenvalue weighted by Gasteiger charge is -2.23. The molecule has 0 aromatic heterocycles. The summed E-state index contributed by atoms with van der Waals surface area (Å²) in [5, 5.41) is 9.00. The fourth-order valence-corrected chi connectivity index (χ4v) is 4.84. The summed E-state index contributed by atoms with van der Waals surface area (Å²) in [7, 11) is -3.99. The van der Waals surface area contributed by atoms with E-state index in [1.54, 1.807) is 31.2 Å². The molecule has 1 N–H and O–H groups in total. The van der Waals surface area contributed by atoms with Gasteiger partial charge in [-0.15, -0.1) is 0 Å². The van der Waals surface area contributed by atoms with Crippen molar-refractivity contribution in [1.82, 2.24) is 4.31 Å². The Labute approximate surface area is 201 Å². The van der Waals surface area contributed by atoms with Gasteiger partial charge in [-0.25, -0.2) is 8.42 Å². The van der Waals surface area contributed by atoms with Crippen LogP contribution in [0, 0.1) is 6.92 Å². The number of carboxylic acid groups (broad SMARTS) is 1. The Morgan fingerprint density at radius 1 is 1.03 bits per heavy atom. The number of rotatable bonds is 9. The largest absolute Gasteiger partial charge is 0.481 e. The van der Waals surface area contributed by atoms with Crippen molar-refractivity contribution in [2.75, 3.05) is 6.54 Å². The summed E-state index contributed by atoms with van der Waals surface area (Å²) in [6, 6.07) is 15.2. The third kappa shape index (κ3) is 6.61. The third-order valence-electron chi connectivity index (χ3n) is 5.23. The minimum absolute atomic E-state index is 0.0139. The number of ether oxygens (including phenoxy) is 1. The quantitative estimate of drug-likeness (QED) is 0.405. The van der Waals surface area contributed by atoms with Gasteiger partial charge in [-0.1, -0.05) is 36.8 Å². The number of sulfonamides is 1. The van der Waals surface area contributed by atoms with Gasteiger partial charge in [0.1, 0.15) is 11.5 Å². The Morgan fingerprint density at radius 3 is 2.31 bits per heavy atom. The van der Waals surface area contributed by atoms with Gasteiger partial charge in [-0.2, -0.15) is 17.5 Å². The van der Waals surface area contributed by atoms with Crippen molar-refractivity contribution >= 4 is 16.0 Å². The summed E-state index contributed by atoms with van der Waals surface area (Å²) in [6.45, 7) is 3.06. The van der Waals surface area contributed by atoms with Gasteiger partial charge < -0.3 is 9.84 Å². The van der Waals surface area contributed by atoms with Crippen LogP contribution in [0.3, 0.4) is 0 Å². The second-order valence-corrected chi connectivity index (χ2v) is 9.82. The van der Waals surface area contributed by atoms with Gasteiger partial charge in [-0.3, -0.25) is 4.79 Å². The molecule has 0 saturated carbocycles. The number of halogens is 3. The zero-order valence-corrected chi connectivity index (χ0v) is 19.9. The van der Waals surface area contributed by atoms with Gasteiger partial charge >= 0.3 is 12.1 Å². The van der Waals surface area contributed by atoms with E-state index in [0.717, 1.165) is 28.1 Å². The number of carboxylic acids is 1. The molecule has 3 aromatic carbocycles. The van der Waals surface area contributed by atoms with Crippen molar-refractivity contribution in [1.29, 1.82) is 0 Å². The smallest absolute Gasteiger partial charge is 0.416 e. The second-order valence-electron chi connectivity index (χ2n) is 7.88. The zero-order chi connectivity index (χ0) is 25.8. The van der Waals surface area contributed by atoms with E-state index < -0.39 is 27.7 Å². The van der Waals surface area contributed by atoms with E-state index in [4.69, 9.17) is 9.84 Å². The number of aryl methyl sites for hydroxylation is 1. The molecule has 0 aliphatic rings. The molecule has 0 aliphatic carbocycles. The van der Waals surface area contributed by atoms with Crippen molar-refractivity contribution < 1.29 is 36.2 Å². The van der Waals surface area contributed by atoms with Crippen molar-refractivity contribution in [2.45, 2.75) is 37.9 Å². The molecule has 186 valence electrons. The van der Waals surface area contributed by atoms with Crippen LogP contribution in [-0.4, -0.2) is 30.3 Å². The van der Waals surface area contributed by atoms with Crippen molar-refractivity contribution in [3.05, 3.63) is 89.0 Å². The van der Waals surface area contributed by atoms with Crippen LogP contribution in [0.4, 0.5) is 13.2 Å². The standard InChI is InChI=1S/C25H24F3NO5S/c1-3-29(35(32,33)22-10-7-17(2)8-11-22)16-19-15-20(25(26,27)28)9-12-23(19)34-21-6-4-5-18(13-21)14-24(30)31/h4-13,15H,3,14,16H2,1-2H3,(H,30,31). The van der Waals surface area contributed by atoms with Crippen LogP contribution < -0.4 is 4.74 Å². The monoisotopic (exact) mass is 507 g/mol. The first-order valence-electron chi connectivity index (χ1n) is 10.7. The molecule has 0 heterocycles. The Kier molecular flexibility index (Phi) is 7.86. The van der Waals surface area contributed by atoms with Gasteiger partial charge in [-0.05, 0) is 55.0 Å². The maximum Gasteiger partial charge on any atom is 0.416 e. The summed E-state index contributed by atoms with van der Waals surface area (Å²) in [4.78, 5) is 11.0. The molecule has 0 radical (unpaired) electrons. The maximum atomic E-state index is 13.4. The minimum atomic E-state index is -4.64. The molecule has 3 rings (SSSR count). The number of aliphatic carboxylic acids is 1. The first-order valence-corrected chi connectivity index (χ1v) is 12.1. The van der Waals surface area contributed by atoms with Crippen LogP contribution in [0.25, 0.3) is 0 Å². The predicted molar refractivity (Wildman–Crippen MR) is 124 cm³/mol. The number of benzene rings is 3. The second kappa shape index (κ2) is 10.5. The van der Waals surface area contributed by atoms with Crippen LogP contribution in [0.5, 0.6) is 11.5 Å². The number of hydrogen-bond donors (Lipinski definition) is 1. The molecule has 0 amide bonds. The van der Waals surface area contributed by atoms with Crippen LogP contribution in [0.15, 0.2) is 71.6 Å². The summed E-state index contributed by atoms with van der Waals surface area (Å²) in [6.07, 6.45) is -4.89. The molecule has 0 saturated heterocycles. The maximum absolute atomic E-state index is 13.4. The molecule has 10 heteroatoms. The molecule has 0 atom stereocenters. The fraction of sp³-hybridized carbons (Fsp3) is 0.240. The lowest BCUT2D eigenvalue weighted by atomic mass is 10.1. The molecule has 0 spiro atoms. The Morgan fingerprint density at radius 2 is 1.71 bits per heavy atom. The predicted octanol–water partition coefficient (Wildman–Crippen LogP) is 5.64. The van der Waals surface area contributed by atoms with Crippen LogP contribution >= 0.6 is 0 Å². The van der Waals surface area contributed by atoms with Gasteiger partial charge in [0, 0.05) is 18.7 Å². The highest BCUT2D eigenvalue weighted by atomic mass is 32.2. The molecule has 0 unspecified atom stereocenters. The van der Waals surface area contributed by atoms with E-state index >= 15 is 0 Å². The molecule has 6 nitrogen and oxygen atoms in total. The average Bonchev–Trinajstić information content (AvgIpc) is 2.77. The van der Waals surface area contributed by atoms with Crippen LogP contribution in [-0.2, 0) is 34.0 Å². The molecule has 0 fully saturated rings. The normalized spacial score (nSPS) is 12.1. The van der Waals surface area contributed by atoms with E-state index in [0.29, 0.717) is 5.56 Å². The molecule has 3 aromatic rings. The number of carbonyl (C=O) groups is 1. The molecule has 35 heavy (non-hydrogen) atoms. The van der Waals surface area contributed by atoms with Crippen molar-refractivity contribution in [2.24, 2.45) is 0 Å². The number of alkyl halides is 3. The van der Waals surface area contributed by atoms with E-state index in [9.17, 15) is 26.4 Å². The van der Waals surface area contributed by atoms with Gasteiger partial charge in [0.05, 0.1) is 16.9 Å². The van der Waals surface area contributed by atoms with E-state index in [1.165, 1.54) is 24.3 Å².